The van der Waals surface area contributed by atoms with Crippen LogP contribution in [0.2, 0.25) is 0 Å². The summed E-state index contributed by atoms with van der Waals surface area (Å²) in [5.74, 6) is -1.78. The number of ether oxygens (including phenoxy) is 1. The summed E-state index contributed by atoms with van der Waals surface area (Å²) in [5.41, 5.74) is 4.83. The van der Waals surface area contributed by atoms with Gasteiger partial charge >= 0.3 is 17.8 Å². The van der Waals surface area contributed by atoms with E-state index in [0.29, 0.717) is 22.6 Å². The predicted molar refractivity (Wildman–Crippen MR) is 113 cm³/mol. The molecule has 0 aliphatic carbocycles. The van der Waals surface area contributed by atoms with Gasteiger partial charge in [0.05, 0.1) is 11.8 Å². The smallest absolute Gasteiger partial charge is 0.343 e. The Morgan fingerprint density at radius 2 is 1.50 bits per heavy atom. The first-order valence-corrected chi connectivity index (χ1v) is 9.09. The zero-order chi connectivity index (χ0) is 21.3. The van der Waals surface area contributed by atoms with Crippen molar-refractivity contribution in [1.29, 1.82) is 0 Å². The van der Waals surface area contributed by atoms with Gasteiger partial charge in [0.2, 0.25) is 0 Å². The third kappa shape index (κ3) is 5.87. The topological polar surface area (TPSA) is 96.9 Å². The summed E-state index contributed by atoms with van der Waals surface area (Å²) < 4.78 is 5.32. The van der Waals surface area contributed by atoms with Gasteiger partial charge in [0.25, 0.3) is 0 Å². The molecule has 0 aliphatic heterocycles. The summed E-state index contributed by atoms with van der Waals surface area (Å²) in [5, 5.41) is 6.22. The van der Waals surface area contributed by atoms with Crippen LogP contribution >= 0.6 is 0 Å². The fraction of sp³-hybridized carbons (Fsp3) is 0.0435. The second-order valence-electron chi connectivity index (χ2n) is 6.34. The van der Waals surface area contributed by atoms with Crippen molar-refractivity contribution in [3.8, 4) is 5.75 Å². The Labute approximate surface area is 173 Å². The first-order chi connectivity index (χ1) is 14.5. The Morgan fingerprint density at radius 1 is 0.833 bits per heavy atom. The molecule has 150 valence electrons. The molecule has 0 saturated heterocycles. The van der Waals surface area contributed by atoms with Gasteiger partial charge in [0, 0.05) is 5.69 Å². The van der Waals surface area contributed by atoms with Gasteiger partial charge in [0.1, 0.15) is 5.75 Å². The van der Waals surface area contributed by atoms with Crippen LogP contribution in [0.15, 0.2) is 84.0 Å². The average Bonchev–Trinajstić information content (AvgIpc) is 2.76. The van der Waals surface area contributed by atoms with E-state index in [0.717, 1.165) is 5.56 Å². The minimum atomic E-state index is -0.890. The number of hydrogen-bond acceptors (Lipinski definition) is 5. The molecule has 2 amide bonds. The zero-order valence-corrected chi connectivity index (χ0v) is 16.2. The van der Waals surface area contributed by atoms with E-state index in [9.17, 15) is 14.4 Å². The number of esters is 1. The monoisotopic (exact) mass is 401 g/mol. The molecule has 7 nitrogen and oxygen atoms in total. The molecule has 30 heavy (non-hydrogen) atoms. The molecule has 0 radical (unpaired) electrons. The number of anilines is 1. The molecule has 0 bridgehead atoms. The van der Waals surface area contributed by atoms with Gasteiger partial charge in [-0.25, -0.2) is 10.2 Å². The number of amides is 2. The highest BCUT2D eigenvalue weighted by Crippen LogP contribution is 2.14. The van der Waals surface area contributed by atoms with Crippen LogP contribution in [0.5, 0.6) is 5.75 Å². The molecule has 0 aliphatic rings. The number of aryl methyl sites for hydroxylation is 1. The molecule has 0 unspecified atom stereocenters. The number of nitrogens with zero attached hydrogens (tertiary/aromatic N) is 1. The molecule has 0 saturated carbocycles. The molecule has 0 spiro atoms. The van der Waals surface area contributed by atoms with E-state index in [1.54, 1.807) is 66.7 Å². The average molecular weight is 401 g/mol. The maximum absolute atomic E-state index is 12.1. The fourth-order valence-electron chi connectivity index (χ4n) is 2.40. The van der Waals surface area contributed by atoms with Crippen LogP contribution in [0.1, 0.15) is 21.5 Å². The standard InChI is InChI=1S/C23H19N3O4/c1-16-7-11-18(12-8-16)23(29)30-20-13-9-17(10-14-20)15-24-26-22(28)21(27)25-19-5-3-2-4-6-19/h2-15H,1H3,(H,25,27)(H,26,28). The first kappa shape index (κ1) is 20.5. The molecule has 0 heterocycles. The van der Waals surface area contributed by atoms with Crippen molar-refractivity contribution in [2.75, 3.05) is 5.32 Å². The van der Waals surface area contributed by atoms with Crippen molar-refractivity contribution in [2.45, 2.75) is 6.92 Å². The number of nitrogens with one attached hydrogen (secondary N) is 2. The quantitative estimate of drug-likeness (QED) is 0.225. The van der Waals surface area contributed by atoms with E-state index in [-0.39, 0.29) is 0 Å². The summed E-state index contributed by atoms with van der Waals surface area (Å²) in [6.07, 6.45) is 1.37. The third-order valence-corrected chi connectivity index (χ3v) is 4.00. The number of benzene rings is 3. The number of hydrogen-bond donors (Lipinski definition) is 2. The van der Waals surface area contributed by atoms with E-state index >= 15 is 0 Å². The number of rotatable bonds is 5. The zero-order valence-electron chi connectivity index (χ0n) is 16.2. The molecule has 0 atom stereocenters. The number of carbonyl (C=O) groups excluding carboxylic acids is 3. The Morgan fingerprint density at radius 3 is 2.17 bits per heavy atom. The molecule has 3 rings (SSSR count). The Kier molecular flexibility index (Phi) is 6.68. The van der Waals surface area contributed by atoms with E-state index in [1.807, 2.05) is 19.1 Å². The van der Waals surface area contributed by atoms with Crippen molar-refractivity contribution in [3.63, 3.8) is 0 Å². The van der Waals surface area contributed by atoms with Crippen LogP contribution in [0, 0.1) is 6.92 Å². The maximum atomic E-state index is 12.1. The Hall–Kier alpha value is -4.26. The van der Waals surface area contributed by atoms with Crippen LogP contribution < -0.4 is 15.5 Å². The summed E-state index contributed by atoms with van der Waals surface area (Å²) >= 11 is 0. The summed E-state index contributed by atoms with van der Waals surface area (Å²) in [7, 11) is 0. The highest BCUT2D eigenvalue weighted by molar-refractivity contribution is 6.39. The van der Waals surface area contributed by atoms with Gasteiger partial charge in [0.15, 0.2) is 0 Å². The minimum Gasteiger partial charge on any atom is -0.423 e. The van der Waals surface area contributed by atoms with Crippen LogP contribution in [-0.2, 0) is 9.59 Å². The normalized spacial score (nSPS) is 10.4. The Balaban J connectivity index is 1.50. The van der Waals surface area contributed by atoms with Gasteiger partial charge in [-0.1, -0.05) is 35.9 Å². The SMILES string of the molecule is Cc1ccc(C(=O)Oc2ccc(C=NNC(=O)C(=O)Nc3ccccc3)cc2)cc1. The highest BCUT2D eigenvalue weighted by Gasteiger charge is 2.12. The molecule has 0 aromatic heterocycles. The molecule has 2 N–H and O–H groups in total. The minimum absolute atomic E-state index is 0.379. The maximum Gasteiger partial charge on any atom is 0.343 e. The molecule has 0 fully saturated rings. The van der Waals surface area contributed by atoms with Gasteiger partial charge < -0.3 is 10.1 Å². The fourth-order valence-corrected chi connectivity index (χ4v) is 2.40. The van der Waals surface area contributed by atoms with E-state index in [4.69, 9.17) is 4.74 Å². The molecular formula is C23H19N3O4. The first-order valence-electron chi connectivity index (χ1n) is 9.09. The number of para-hydroxylation sites is 1. The second kappa shape index (κ2) is 9.79. The molecular weight excluding hydrogens is 382 g/mol. The van der Waals surface area contributed by atoms with Crippen molar-refractivity contribution in [1.82, 2.24) is 5.43 Å². The van der Waals surface area contributed by atoms with E-state index in [1.165, 1.54) is 6.21 Å². The second-order valence-corrected chi connectivity index (χ2v) is 6.34. The summed E-state index contributed by atoms with van der Waals surface area (Å²) in [4.78, 5) is 35.7. The largest absolute Gasteiger partial charge is 0.423 e. The van der Waals surface area contributed by atoms with Crippen molar-refractivity contribution < 1.29 is 19.1 Å². The third-order valence-electron chi connectivity index (χ3n) is 4.00. The lowest BCUT2D eigenvalue weighted by atomic mass is 10.1. The van der Waals surface area contributed by atoms with Gasteiger partial charge in [-0.05, 0) is 61.0 Å². The molecule has 3 aromatic carbocycles. The van der Waals surface area contributed by atoms with Crippen molar-refractivity contribution in [2.24, 2.45) is 5.10 Å². The van der Waals surface area contributed by atoms with Gasteiger partial charge in [-0.15, -0.1) is 0 Å². The van der Waals surface area contributed by atoms with E-state index in [2.05, 4.69) is 15.8 Å². The highest BCUT2D eigenvalue weighted by atomic mass is 16.5. The lowest BCUT2D eigenvalue weighted by Crippen LogP contribution is -2.32. The van der Waals surface area contributed by atoms with Crippen LogP contribution in [0.3, 0.4) is 0 Å². The summed E-state index contributed by atoms with van der Waals surface area (Å²) in [6, 6.07) is 22.3. The lowest BCUT2D eigenvalue weighted by molar-refractivity contribution is -0.136. The van der Waals surface area contributed by atoms with Gasteiger partial charge in [-0.2, -0.15) is 5.10 Å². The van der Waals surface area contributed by atoms with Crippen LogP contribution in [-0.4, -0.2) is 24.0 Å². The lowest BCUT2D eigenvalue weighted by Gasteiger charge is -2.05. The van der Waals surface area contributed by atoms with E-state index < -0.39 is 17.8 Å². The van der Waals surface area contributed by atoms with Crippen molar-refractivity contribution >= 4 is 29.7 Å². The van der Waals surface area contributed by atoms with Gasteiger partial charge in [-0.3, -0.25) is 9.59 Å². The molecule has 7 heteroatoms. The van der Waals surface area contributed by atoms with Crippen LogP contribution in [0.25, 0.3) is 0 Å². The predicted octanol–water partition coefficient (Wildman–Crippen LogP) is 3.30. The molecule has 3 aromatic rings. The summed E-state index contributed by atoms with van der Waals surface area (Å²) in [6.45, 7) is 1.94. The Bertz CT molecular complexity index is 1060. The van der Waals surface area contributed by atoms with Crippen LogP contribution in [0.4, 0.5) is 5.69 Å². The number of carbonyl (C=O) groups is 3. The van der Waals surface area contributed by atoms with Crippen molar-refractivity contribution in [3.05, 3.63) is 95.6 Å². The number of hydrazone groups is 1.